The highest BCUT2D eigenvalue weighted by molar-refractivity contribution is 6.28. The molecule has 0 bridgehead atoms. The van der Waals surface area contributed by atoms with Crippen molar-refractivity contribution in [2.24, 2.45) is 0 Å². The van der Waals surface area contributed by atoms with Crippen LogP contribution in [0.1, 0.15) is 5.56 Å². The molecule has 0 heterocycles. The van der Waals surface area contributed by atoms with E-state index in [-0.39, 0.29) is 0 Å². The van der Waals surface area contributed by atoms with Gasteiger partial charge in [0.05, 0.1) is 0 Å². The Kier molecular flexibility index (Phi) is 5.47. The lowest BCUT2D eigenvalue weighted by atomic mass is 9.81. The SMILES string of the molecule is Cc1ccc(-c2c3ccccc3c(-c3cc4ccccc4cc3-c3ccccc3)c3ccc4ccccc4c23)cc1. The van der Waals surface area contributed by atoms with Crippen molar-refractivity contribution in [3.8, 4) is 33.4 Å². The summed E-state index contributed by atoms with van der Waals surface area (Å²) in [6.45, 7) is 2.16. The largest absolute Gasteiger partial charge is 0.0622 e. The summed E-state index contributed by atoms with van der Waals surface area (Å²) in [6.07, 6.45) is 0. The van der Waals surface area contributed by atoms with Crippen LogP contribution in [0.2, 0.25) is 0 Å². The fourth-order valence-corrected chi connectivity index (χ4v) is 6.56. The molecule has 0 atom stereocenters. The second kappa shape index (κ2) is 9.47. The van der Waals surface area contributed by atoms with E-state index in [1.54, 1.807) is 0 Å². The third kappa shape index (κ3) is 3.84. The van der Waals surface area contributed by atoms with Gasteiger partial charge in [0.25, 0.3) is 0 Å². The molecule has 0 fully saturated rings. The third-order valence-electron chi connectivity index (χ3n) is 8.49. The van der Waals surface area contributed by atoms with Gasteiger partial charge in [-0.3, -0.25) is 0 Å². The Labute approximate surface area is 240 Å². The van der Waals surface area contributed by atoms with Crippen molar-refractivity contribution in [3.05, 3.63) is 157 Å². The van der Waals surface area contributed by atoms with Gasteiger partial charge in [-0.15, -0.1) is 0 Å². The van der Waals surface area contributed by atoms with Crippen molar-refractivity contribution in [2.75, 3.05) is 0 Å². The van der Waals surface area contributed by atoms with Crippen LogP contribution in [-0.2, 0) is 0 Å². The summed E-state index contributed by atoms with van der Waals surface area (Å²) in [5, 5.41) is 10.2. The standard InChI is InChI=1S/C41H28/c1-27-19-21-30(22-20-27)39-34-17-9-10-18-35(34)40(36-24-23-29-13-7-8-16-33(29)41(36)39)38-26-32-15-6-5-14-31(32)25-37(38)28-11-3-2-4-12-28/h2-26H,1H3. The van der Waals surface area contributed by atoms with E-state index in [0.29, 0.717) is 0 Å². The zero-order chi connectivity index (χ0) is 27.3. The van der Waals surface area contributed by atoms with Crippen molar-refractivity contribution in [3.63, 3.8) is 0 Å². The first-order valence-corrected chi connectivity index (χ1v) is 14.3. The number of aryl methyl sites for hydroxylation is 1. The highest BCUT2D eigenvalue weighted by Crippen LogP contribution is 2.48. The quantitative estimate of drug-likeness (QED) is 0.160. The van der Waals surface area contributed by atoms with Gasteiger partial charge in [0.1, 0.15) is 0 Å². The molecule has 0 spiro atoms. The van der Waals surface area contributed by atoms with Crippen LogP contribution < -0.4 is 0 Å². The van der Waals surface area contributed by atoms with Gasteiger partial charge in [0, 0.05) is 0 Å². The number of fused-ring (bicyclic) bond motifs is 5. The summed E-state index contributed by atoms with van der Waals surface area (Å²) in [7, 11) is 0. The maximum atomic E-state index is 2.40. The first-order chi connectivity index (χ1) is 20.3. The topological polar surface area (TPSA) is 0 Å². The van der Waals surface area contributed by atoms with Gasteiger partial charge in [0.2, 0.25) is 0 Å². The molecule has 0 aliphatic carbocycles. The molecule has 0 aliphatic rings. The molecular weight excluding hydrogens is 492 g/mol. The number of benzene rings is 8. The summed E-state index contributed by atoms with van der Waals surface area (Å²) < 4.78 is 0. The zero-order valence-corrected chi connectivity index (χ0v) is 22.9. The van der Waals surface area contributed by atoms with Crippen LogP contribution in [0, 0.1) is 6.92 Å². The minimum absolute atomic E-state index is 1.23. The maximum Gasteiger partial charge on any atom is -0.00141 e. The van der Waals surface area contributed by atoms with E-state index in [1.807, 2.05) is 0 Å². The van der Waals surface area contributed by atoms with Gasteiger partial charge in [-0.25, -0.2) is 0 Å². The van der Waals surface area contributed by atoms with E-state index in [2.05, 4.69) is 159 Å². The average Bonchev–Trinajstić information content (AvgIpc) is 3.04. The third-order valence-corrected chi connectivity index (χ3v) is 8.49. The molecule has 8 rings (SSSR count). The van der Waals surface area contributed by atoms with E-state index in [0.717, 1.165) is 0 Å². The molecule has 0 aliphatic heterocycles. The molecule has 8 aromatic rings. The molecule has 0 nitrogen and oxygen atoms in total. The highest BCUT2D eigenvalue weighted by Gasteiger charge is 2.21. The molecule has 0 heteroatoms. The second-order valence-electron chi connectivity index (χ2n) is 11.0. The summed E-state index contributed by atoms with van der Waals surface area (Å²) in [5.74, 6) is 0. The van der Waals surface area contributed by atoms with Crippen LogP contribution in [0.4, 0.5) is 0 Å². The van der Waals surface area contributed by atoms with Crippen LogP contribution in [0.5, 0.6) is 0 Å². The molecule has 0 amide bonds. The van der Waals surface area contributed by atoms with E-state index < -0.39 is 0 Å². The normalized spacial score (nSPS) is 11.5. The van der Waals surface area contributed by atoms with Crippen molar-refractivity contribution in [2.45, 2.75) is 6.92 Å². The lowest BCUT2D eigenvalue weighted by Gasteiger charge is -2.21. The van der Waals surface area contributed by atoms with Crippen LogP contribution in [0.3, 0.4) is 0 Å². The van der Waals surface area contributed by atoms with E-state index in [4.69, 9.17) is 0 Å². The van der Waals surface area contributed by atoms with Gasteiger partial charge in [0.15, 0.2) is 0 Å². The van der Waals surface area contributed by atoms with Gasteiger partial charge in [-0.05, 0) is 95.5 Å². The monoisotopic (exact) mass is 520 g/mol. The number of hydrogen-bond acceptors (Lipinski definition) is 0. The molecule has 0 N–H and O–H groups in total. The minimum Gasteiger partial charge on any atom is -0.0622 e. The maximum absolute atomic E-state index is 2.40. The molecular formula is C41H28. The molecule has 0 radical (unpaired) electrons. The van der Waals surface area contributed by atoms with Crippen molar-refractivity contribution >= 4 is 43.1 Å². The Balaban J connectivity index is 1.61. The van der Waals surface area contributed by atoms with Gasteiger partial charge in [-0.2, -0.15) is 0 Å². The Morgan fingerprint density at radius 3 is 1.61 bits per heavy atom. The first kappa shape index (κ1) is 23.7. The zero-order valence-electron chi connectivity index (χ0n) is 22.9. The van der Waals surface area contributed by atoms with E-state index in [9.17, 15) is 0 Å². The highest BCUT2D eigenvalue weighted by atomic mass is 14.2. The average molecular weight is 521 g/mol. The fraction of sp³-hybridized carbons (Fsp3) is 0.0244. The second-order valence-corrected chi connectivity index (χ2v) is 11.0. The summed E-state index contributed by atoms with van der Waals surface area (Å²) in [6, 6.07) is 55.8. The molecule has 0 saturated heterocycles. The van der Waals surface area contributed by atoms with Gasteiger partial charge < -0.3 is 0 Å². The summed E-state index contributed by atoms with van der Waals surface area (Å²) in [5.41, 5.74) is 8.87. The first-order valence-electron chi connectivity index (χ1n) is 14.3. The number of rotatable bonds is 3. The Morgan fingerprint density at radius 2 is 0.902 bits per heavy atom. The predicted molar refractivity (Wildman–Crippen MR) is 178 cm³/mol. The van der Waals surface area contributed by atoms with Crippen LogP contribution in [0.25, 0.3) is 76.5 Å². The molecule has 192 valence electrons. The van der Waals surface area contributed by atoms with Crippen molar-refractivity contribution in [1.29, 1.82) is 0 Å². The smallest absolute Gasteiger partial charge is 0.00141 e. The van der Waals surface area contributed by atoms with Crippen molar-refractivity contribution in [1.82, 2.24) is 0 Å². The van der Waals surface area contributed by atoms with Gasteiger partial charge in [-0.1, -0.05) is 145 Å². The lowest BCUT2D eigenvalue weighted by molar-refractivity contribution is 1.48. The predicted octanol–water partition coefficient (Wildman–Crippen LogP) is 11.6. The van der Waals surface area contributed by atoms with E-state index in [1.165, 1.54) is 82.0 Å². The van der Waals surface area contributed by atoms with Gasteiger partial charge >= 0.3 is 0 Å². The van der Waals surface area contributed by atoms with Crippen molar-refractivity contribution < 1.29 is 0 Å². The Hall–Kier alpha value is -5.20. The van der Waals surface area contributed by atoms with Crippen LogP contribution in [-0.4, -0.2) is 0 Å². The molecule has 8 aromatic carbocycles. The Morgan fingerprint density at radius 1 is 0.341 bits per heavy atom. The fourth-order valence-electron chi connectivity index (χ4n) is 6.56. The summed E-state index contributed by atoms with van der Waals surface area (Å²) >= 11 is 0. The Bertz CT molecular complexity index is 2240. The van der Waals surface area contributed by atoms with Crippen LogP contribution in [0.15, 0.2) is 152 Å². The number of hydrogen-bond donors (Lipinski definition) is 0. The lowest BCUT2D eigenvalue weighted by Crippen LogP contribution is -1.94. The molecule has 41 heavy (non-hydrogen) atoms. The molecule has 0 unspecified atom stereocenters. The van der Waals surface area contributed by atoms with Crippen LogP contribution >= 0.6 is 0 Å². The van der Waals surface area contributed by atoms with E-state index >= 15 is 0 Å². The minimum atomic E-state index is 1.23. The molecule has 0 aromatic heterocycles. The molecule has 0 saturated carbocycles. The summed E-state index contributed by atoms with van der Waals surface area (Å²) in [4.78, 5) is 0.